The number of aromatic amines is 1. The van der Waals surface area contributed by atoms with Crippen molar-refractivity contribution in [1.82, 2.24) is 15.1 Å². The Morgan fingerprint density at radius 2 is 1.96 bits per heavy atom. The van der Waals surface area contributed by atoms with Gasteiger partial charge >= 0.3 is 6.18 Å². The third-order valence-corrected chi connectivity index (χ3v) is 4.27. The first kappa shape index (κ1) is 22.2. The van der Waals surface area contributed by atoms with Crippen LogP contribution >= 0.6 is 0 Å². The summed E-state index contributed by atoms with van der Waals surface area (Å²) in [7, 11) is 3.56. The van der Waals surface area contributed by atoms with Crippen molar-refractivity contribution in [2.45, 2.75) is 38.9 Å². The number of rotatable bonds is 11. The summed E-state index contributed by atoms with van der Waals surface area (Å²) in [6, 6.07) is 4.70. The number of hydrogen-bond donors (Lipinski definition) is 1. The summed E-state index contributed by atoms with van der Waals surface area (Å²) in [5.74, 6) is 0.383. The topological polar surface area (TPSA) is 50.4 Å². The van der Waals surface area contributed by atoms with E-state index >= 15 is 0 Å². The number of ether oxygens (including phenoxy) is 2. The Bertz CT molecular complexity index is 732. The standard InChI is InChI=1S/C20H28F3N3O2/c1-4-5-6-26(2)14-17-13-24-25-19(17)16-9-15(12-20(21,22)23)10-18(11-16)28-8-7-27-3/h9-11,13H,4-8,12,14H2,1-3H3,(H,24,25). The Kier molecular flexibility index (Phi) is 8.32. The van der Waals surface area contributed by atoms with E-state index in [1.165, 1.54) is 6.07 Å². The molecule has 1 heterocycles. The van der Waals surface area contributed by atoms with Crippen molar-refractivity contribution in [1.29, 1.82) is 0 Å². The van der Waals surface area contributed by atoms with Crippen LogP contribution in [0.3, 0.4) is 0 Å². The number of nitrogens with zero attached hydrogens (tertiary/aromatic N) is 2. The van der Waals surface area contributed by atoms with Crippen LogP contribution in [0.4, 0.5) is 13.2 Å². The van der Waals surface area contributed by atoms with E-state index in [-0.39, 0.29) is 12.2 Å². The molecule has 8 heteroatoms. The lowest BCUT2D eigenvalue weighted by Crippen LogP contribution is -2.19. The molecule has 0 atom stereocenters. The Balaban J connectivity index is 2.29. The number of alkyl halides is 3. The van der Waals surface area contributed by atoms with Crippen LogP contribution in [0, 0.1) is 0 Å². The van der Waals surface area contributed by atoms with Crippen molar-refractivity contribution >= 4 is 0 Å². The van der Waals surface area contributed by atoms with E-state index in [1.807, 2.05) is 7.05 Å². The van der Waals surface area contributed by atoms with Crippen molar-refractivity contribution in [3.63, 3.8) is 0 Å². The first-order chi connectivity index (χ1) is 13.3. The first-order valence-electron chi connectivity index (χ1n) is 9.36. The van der Waals surface area contributed by atoms with Crippen LogP contribution < -0.4 is 4.74 Å². The molecule has 0 aliphatic carbocycles. The molecule has 0 aliphatic rings. The normalized spacial score (nSPS) is 12.0. The molecule has 0 saturated heterocycles. The van der Waals surface area contributed by atoms with Crippen molar-refractivity contribution in [3.05, 3.63) is 35.5 Å². The van der Waals surface area contributed by atoms with Crippen LogP contribution in [-0.2, 0) is 17.7 Å². The minimum Gasteiger partial charge on any atom is -0.491 e. The molecule has 0 unspecified atom stereocenters. The molecular weight excluding hydrogens is 371 g/mol. The number of unbranched alkanes of at least 4 members (excludes halogenated alkanes) is 1. The number of H-pyrrole nitrogens is 1. The summed E-state index contributed by atoms with van der Waals surface area (Å²) in [6.07, 6.45) is -1.40. The monoisotopic (exact) mass is 399 g/mol. The molecule has 0 amide bonds. The van der Waals surface area contributed by atoms with Gasteiger partial charge in [-0.05, 0) is 43.8 Å². The van der Waals surface area contributed by atoms with Crippen LogP contribution in [-0.4, -0.2) is 55.2 Å². The molecule has 0 bridgehead atoms. The second-order valence-corrected chi connectivity index (χ2v) is 6.86. The number of nitrogens with one attached hydrogen (secondary N) is 1. The molecule has 0 spiro atoms. The lowest BCUT2D eigenvalue weighted by Gasteiger charge is -2.17. The van der Waals surface area contributed by atoms with E-state index in [2.05, 4.69) is 22.0 Å². The highest BCUT2D eigenvalue weighted by molar-refractivity contribution is 5.65. The third-order valence-electron chi connectivity index (χ3n) is 4.27. The van der Waals surface area contributed by atoms with Crippen LogP contribution in [0.2, 0.25) is 0 Å². The minimum absolute atomic E-state index is 0.150. The Morgan fingerprint density at radius 3 is 2.64 bits per heavy atom. The zero-order valence-corrected chi connectivity index (χ0v) is 16.6. The molecule has 0 aliphatic heterocycles. The first-order valence-corrected chi connectivity index (χ1v) is 9.36. The predicted molar refractivity (Wildman–Crippen MR) is 102 cm³/mol. The average molecular weight is 399 g/mol. The van der Waals surface area contributed by atoms with Gasteiger partial charge in [0.25, 0.3) is 0 Å². The fourth-order valence-corrected chi connectivity index (χ4v) is 2.94. The van der Waals surface area contributed by atoms with Gasteiger partial charge in [0.2, 0.25) is 0 Å². The average Bonchev–Trinajstić information content (AvgIpc) is 3.06. The van der Waals surface area contributed by atoms with Crippen LogP contribution in [0.5, 0.6) is 5.75 Å². The molecule has 2 rings (SSSR count). The van der Waals surface area contributed by atoms with Crippen LogP contribution in [0.25, 0.3) is 11.3 Å². The summed E-state index contributed by atoms with van der Waals surface area (Å²) >= 11 is 0. The SMILES string of the molecule is CCCCN(C)Cc1cn[nH]c1-c1cc(CC(F)(F)F)cc(OCCOC)c1. The summed E-state index contributed by atoms with van der Waals surface area (Å²) in [4.78, 5) is 2.17. The summed E-state index contributed by atoms with van der Waals surface area (Å²) in [6.45, 7) is 4.36. The number of aromatic nitrogens is 2. The van der Waals surface area contributed by atoms with Gasteiger partial charge in [0.1, 0.15) is 12.4 Å². The number of hydrogen-bond acceptors (Lipinski definition) is 4. The number of benzene rings is 1. The highest BCUT2D eigenvalue weighted by Gasteiger charge is 2.28. The number of halogens is 3. The third kappa shape index (κ3) is 7.16. The molecule has 28 heavy (non-hydrogen) atoms. The molecule has 1 N–H and O–H groups in total. The zero-order valence-electron chi connectivity index (χ0n) is 16.6. The number of methoxy groups -OCH3 is 1. The quantitative estimate of drug-likeness (QED) is 0.568. The summed E-state index contributed by atoms with van der Waals surface area (Å²) < 4.78 is 49.3. The van der Waals surface area contributed by atoms with Gasteiger partial charge in [-0.1, -0.05) is 13.3 Å². The molecule has 1 aromatic carbocycles. The molecule has 156 valence electrons. The summed E-state index contributed by atoms with van der Waals surface area (Å²) in [5.41, 5.74) is 2.43. The molecule has 2 aromatic rings. The fourth-order valence-electron chi connectivity index (χ4n) is 2.94. The van der Waals surface area contributed by atoms with Gasteiger partial charge in [-0.3, -0.25) is 5.10 Å². The van der Waals surface area contributed by atoms with E-state index in [9.17, 15) is 13.2 Å². The Labute approximate surface area is 163 Å². The zero-order chi connectivity index (χ0) is 20.6. The van der Waals surface area contributed by atoms with E-state index < -0.39 is 12.6 Å². The molecule has 1 aromatic heterocycles. The molecule has 0 radical (unpaired) electrons. The van der Waals surface area contributed by atoms with Gasteiger partial charge < -0.3 is 14.4 Å². The van der Waals surface area contributed by atoms with Gasteiger partial charge in [-0.2, -0.15) is 18.3 Å². The maximum atomic E-state index is 12.9. The second kappa shape index (κ2) is 10.5. The van der Waals surface area contributed by atoms with Gasteiger partial charge in [-0.25, -0.2) is 0 Å². The van der Waals surface area contributed by atoms with Gasteiger partial charge in [-0.15, -0.1) is 0 Å². The lowest BCUT2D eigenvalue weighted by molar-refractivity contribution is -0.127. The van der Waals surface area contributed by atoms with Crippen molar-refractivity contribution in [2.75, 3.05) is 33.9 Å². The minimum atomic E-state index is -4.29. The largest absolute Gasteiger partial charge is 0.491 e. The Morgan fingerprint density at radius 1 is 1.18 bits per heavy atom. The van der Waals surface area contributed by atoms with Crippen molar-refractivity contribution in [2.24, 2.45) is 0 Å². The maximum absolute atomic E-state index is 12.9. The van der Waals surface area contributed by atoms with Crippen LogP contribution in [0.15, 0.2) is 24.4 Å². The highest BCUT2D eigenvalue weighted by Crippen LogP contribution is 2.31. The summed E-state index contributed by atoms with van der Waals surface area (Å²) in [5, 5.41) is 7.04. The predicted octanol–water partition coefficient (Wildman–Crippen LogP) is 4.44. The van der Waals surface area contributed by atoms with Crippen molar-refractivity contribution in [3.8, 4) is 17.0 Å². The fraction of sp³-hybridized carbons (Fsp3) is 0.550. The van der Waals surface area contributed by atoms with Gasteiger partial charge in [0.15, 0.2) is 0 Å². The smallest absolute Gasteiger partial charge is 0.393 e. The van der Waals surface area contributed by atoms with Gasteiger partial charge in [0.05, 0.1) is 24.9 Å². The molecular formula is C20H28F3N3O2. The molecule has 0 saturated carbocycles. The van der Waals surface area contributed by atoms with E-state index in [0.717, 1.165) is 24.9 Å². The maximum Gasteiger partial charge on any atom is 0.393 e. The van der Waals surface area contributed by atoms with Crippen LogP contribution in [0.1, 0.15) is 30.9 Å². The van der Waals surface area contributed by atoms with Gasteiger partial charge in [0, 0.05) is 24.8 Å². The molecule has 0 fully saturated rings. The lowest BCUT2D eigenvalue weighted by atomic mass is 10.0. The second-order valence-electron chi connectivity index (χ2n) is 6.86. The van der Waals surface area contributed by atoms with E-state index in [1.54, 1.807) is 25.4 Å². The highest BCUT2D eigenvalue weighted by atomic mass is 19.4. The van der Waals surface area contributed by atoms with E-state index in [4.69, 9.17) is 9.47 Å². The van der Waals surface area contributed by atoms with Crippen molar-refractivity contribution < 1.29 is 22.6 Å². The Hall–Kier alpha value is -2.06. The molecule has 5 nitrogen and oxygen atoms in total. The van der Waals surface area contributed by atoms with E-state index in [0.29, 0.717) is 30.2 Å².